The van der Waals surface area contributed by atoms with Crippen LogP contribution in [0.25, 0.3) is 0 Å². The summed E-state index contributed by atoms with van der Waals surface area (Å²) in [5, 5.41) is 12.1. The summed E-state index contributed by atoms with van der Waals surface area (Å²) in [5.41, 5.74) is 1.98. The number of hydrogen-bond acceptors (Lipinski definition) is 8. The number of nitrogens with one attached hydrogen (secondary N) is 1. The summed E-state index contributed by atoms with van der Waals surface area (Å²) in [6.45, 7) is 3.55. The minimum absolute atomic E-state index is 0.0699. The highest BCUT2D eigenvalue weighted by Crippen LogP contribution is 2.29. The third kappa shape index (κ3) is 5.44. The van der Waals surface area contributed by atoms with Crippen molar-refractivity contribution in [3.8, 4) is 11.8 Å². The normalized spacial score (nSPS) is 15.8. The second-order valence-electron chi connectivity index (χ2n) is 8.80. The first-order valence-corrected chi connectivity index (χ1v) is 11.8. The predicted molar refractivity (Wildman–Crippen MR) is 130 cm³/mol. The highest BCUT2D eigenvalue weighted by molar-refractivity contribution is 6.01. The van der Waals surface area contributed by atoms with Crippen molar-refractivity contribution in [2.45, 2.75) is 45.3 Å². The van der Waals surface area contributed by atoms with E-state index >= 15 is 0 Å². The zero-order valence-corrected chi connectivity index (χ0v) is 20.3. The second-order valence-corrected chi connectivity index (χ2v) is 8.80. The largest absolute Gasteiger partial charge is 0.487 e. The van der Waals surface area contributed by atoms with Gasteiger partial charge in [-0.3, -0.25) is 19.8 Å². The molecule has 1 saturated heterocycles. The van der Waals surface area contributed by atoms with E-state index in [0.717, 1.165) is 12.0 Å². The van der Waals surface area contributed by atoms with E-state index in [9.17, 15) is 19.6 Å². The summed E-state index contributed by atoms with van der Waals surface area (Å²) in [6.07, 6.45) is 4.44. The van der Waals surface area contributed by atoms with E-state index in [1.54, 1.807) is 18.9 Å². The number of hydrogen-bond donors (Lipinski definition) is 1. The summed E-state index contributed by atoms with van der Waals surface area (Å²) < 4.78 is 10.8. The number of methoxy groups -OCH3 is 1. The minimum Gasteiger partial charge on any atom is -0.487 e. The lowest BCUT2D eigenvalue weighted by Gasteiger charge is -2.29. The zero-order chi connectivity index (χ0) is 25.7. The summed E-state index contributed by atoms with van der Waals surface area (Å²) >= 11 is 0. The molecular weight excluding hydrogens is 464 g/mol. The average Bonchev–Trinajstić information content (AvgIpc) is 3.27. The maximum absolute atomic E-state index is 13.2. The molecule has 0 spiro atoms. The molecule has 1 N–H and O–H groups in total. The Bertz CT molecular complexity index is 1210. The zero-order valence-electron chi connectivity index (χ0n) is 20.3. The van der Waals surface area contributed by atoms with Gasteiger partial charge < -0.3 is 14.4 Å². The number of carbonyl (C=O) groups is 3. The van der Waals surface area contributed by atoms with Crippen LogP contribution in [0.4, 0.5) is 16.4 Å². The van der Waals surface area contributed by atoms with Crippen molar-refractivity contribution in [2.24, 2.45) is 0 Å². The molecule has 0 aromatic carbocycles. The highest BCUT2D eigenvalue weighted by Gasteiger charge is 2.28. The van der Waals surface area contributed by atoms with Crippen molar-refractivity contribution < 1.29 is 23.9 Å². The van der Waals surface area contributed by atoms with Crippen LogP contribution in [0.5, 0.6) is 5.75 Å². The van der Waals surface area contributed by atoms with Gasteiger partial charge in [0.2, 0.25) is 5.91 Å². The number of nitrogens with zero attached hydrogens (tertiary/aromatic N) is 5. The summed E-state index contributed by atoms with van der Waals surface area (Å²) in [6, 6.07) is 4.93. The first-order chi connectivity index (χ1) is 17.4. The van der Waals surface area contributed by atoms with Gasteiger partial charge >= 0.3 is 6.03 Å². The standard InChI is InChI=1S/C25H28N6O5/c1-16(15-35-2)36-21-10-22(27-12-19(21)11-26)29-25(34)31-8-3-5-17-9-18(20(14-32)28-24(17)31)13-30-7-4-6-23(30)33/h9-10,12,14,16H,3-8,13,15H2,1-2H3,(H,27,29,34). The molecule has 1 unspecified atom stereocenters. The lowest BCUT2D eigenvalue weighted by atomic mass is 10.0. The van der Waals surface area contributed by atoms with Crippen molar-refractivity contribution in [2.75, 3.05) is 37.0 Å². The van der Waals surface area contributed by atoms with E-state index in [1.807, 2.05) is 12.1 Å². The lowest BCUT2D eigenvalue weighted by Crippen LogP contribution is -2.40. The van der Waals surface area contributed by atoms with Crippen LogP contribution >= 0.6 is 0 Å². The van der Waals surface area contributed by atoms with Crippen LogP contribution in [0.2, 0.25) is 0 Å². The lowest BCUT2D eigenvalue weighted by molar-refractivity contribution is -0.128. The maximum atomic E-state index is 13.2. The number of amides is 3. The van der Waals surface area contributed by atoms with Crippen LogP contribution in [-0.4, -0.2) is 66.0 Å². The fraction of sp³-hybridized carbons (Fsp3) is 0.440. The highest BCUT2D eigenvalue weighted by atomic mass is 16.5. The predicted octanol–water partition coefficient (Wildman–Crippen LogP) is 2.68. The molecular formula is C25H28N6O5. The molecule has 11 heteroatoms. The van der Waals surface area contributed by atoms with E-state index in [0.29, 0.717) is 63.2 Å². The summed E-state index contributed by atoms with van der Waals surface area (Å²) in [7, 11) is 1.55. The van der Waals surface area contributed by atoms with Gasteiger partial charge in [-0.1, -0.05) is 0 Å². The molecule has 4 heterocycles. The van der Waals surface area contributed by atoms with Crippen LogP contribution in [-0.2, 0) is 22.5 Å². The van der Waals surface area contributed by atoms with Gasteiger partial charge in [-0.15, -0.1) is 0 Å². The summed E-state index contributed by atoms with van der Waals surface area (Å²) in [5.74, 6) is 0.982. The monoisotopic (exact) mass is 492 g/mol. The molecule has 3 amide bonds. The molecule has 0 saturated carbocycles. The fourth-order valence-electron chi connectivity index (χ4n) is 4.41. The number of anilines is 2. The van der Waals surface area contributed by atoms with Gasteiger partial charge in [0.05, 0.1) is 12.8 Å². The van der Waals surface area contributed by atoms with Gasteiger partial charge in [0.1, 0.15) is 40.8 Å². The maximum Gasteiger partial charge on any atom is 0.328 e. The van der Waals surface area contributed by atoms with Crippen molar-refractivity contribution in [3.05, 3.63) is 40.7 Å². The number of likely N-dealkylation sites (tertiary alicyclic amines) is 1. The number of urea groups is 1. The summed E-state index contributed by atoms with van der Waals surface area (Å²) in [4.78, 5) is 48.9. The number of aryl methyl sites for hydroxylation is 1. The first-order valence-electron chi connectivity index (χ1n) is 11.8. The molecule has 1 atom stereocenters. The smallest absolute Gasteiger partial charge is 0.328 e. The van der Waals surface area contributed by atoms with E-state index in [1.165, 1.54) is 17.2 Å². The molecule has 0 bridgehead atoms. The van der Waals surface area contributed by atoms with E-state index in [4.69, 9.17) is 9.47 Å². The average molecular weight is 493 g/mol. The number of aromatic nitrogens is 2. The van der Waals surface area contributed by atoms with Crippen molar-refractivity contribution in [3.63, 3.8) is 0 Å². The first kappa shape index (κ1) is 25.1. The Morgan fingerprint density at radius 1 is 1.31 bits per heavy atom. The number of nitriles is 1. The van der Waals surface area contributed by atoms with Crippen molar-refractivity contribution >= 4 is 29.9 Å². The van der Waals surface area contributed by atoms with Crippen LogP contribution in [0.15, 0.2) is 18.3 Å². The topological polar surface area (TPSA) is 138 Å². The van der Waals surface area contributed by atoms with Crippen LogP contribution in [0, 0.1) is 11.3 Å². The van der Waals surface area contributed by atoms with Crippen LogP contribution < -0.4 is 15.0 Å². The molecule has 2 aromatic rings. The van der Waals surface area contributed by atoms with Crippen LogP contribution in [0.3, 0.4) is 0 Å². The van der Waals surface area contributed by atoms with Gasteiger partial charge in [0, 0.05) is 44.8 Å². The van der Waals surface area contributed by atoms with Gasteiger partial charge in [-0.25, -0.2) is 14.8 Å². The number of aldehydes is 1. The Morgan fingerprint density at radius 2 is 2.11 bits per heavy atom. The van der Waals surface area contributed by atoms with Gasteiger partial charge in [0.25, 0.3) is 0 Å². The van der Waals surface area contributed by atoms with E-state index in [2.05, 4.69) is 15.3 Å². The molecule has 1 fully saturated rings. The van der Waals surface area contributed by atoms with Crippen molar-refractivity contribution in [1.82, 2.24) is 14.9 Å². The fourth-order valence-corrected chi connectivity index (χ4v) is 4.41. The number of pyridine rings is 2. The van der Waals surface area contributed by atoms with Crippen molar-refractivity contribution in [1.29, 1.82) is 5.26 Å². The molecule has 36 heavy (non-hydrogen) atoms. The van der Waals surface area contributed by atoms with Crippen LogP contribution in [0.1, 0.15) is 53.4 Å². The van der Waals surface area contributed by atoms with Gasteiger partial charge in [-0.05, 0) is 37.8 Å². The Morgan fingerprint density at radius 3 is 2.81 bits per heavy atom. The second kappa shape index (κ2) is 11.1. The van der Waals surface area contributed by atoms with E-state index < -0.39 is 6.03 Å². The van der Waals surface area contributed by atoms with E-state index in [-0.39, 0.29) is 34.8 Å². The molecule has 188 valence electrons. The Balaban J connectivity index is 1.55. The number of fused-ring (bicyclic) bond motifs is 1. The number of rotatable bonds is 8. The number of carbonyl (C=O) groups excluding carboxylic acids is 3. The molecule has 4 rings (SSSR count). The molecule has 11 nitrogen and oxygen atoms in total. The van der Waals surface area contributed by atoms with Gasteiger partial charge in [-0.2, -0.15) is 5.26 Å². The van der Waals surface area contributed by atoms with Gasteiger partial charge in [0.15, 0.2) is 6.29 Å². The number of ether oxygens (including phenoxy) is 2. The molecule has 0 aliphatic carbocycles. The molecule has 2 aromatic heterocycles. The quantitative estimate of drug-likeness (QED) is 0.555. The Labute approximate surface area is 209 Å². The molecule has 2 aliphatic heterocycles. The Hall–Kier alpha value is -4.04. The third-order valence-corrected chi connectivity index (χ3v) is 6.11. The Kier molecular flexibility index (Phi) is 7.75. The molecule has 2 aliphatic rings. The molecule has 0 radical (unpaired) electrons. The SMILES string of the molecule is COCC(C)Oc1cc(NC(=O)N2CCCc3cc(CN4CCCC4=O)c(C=O)nc32)ncc1C#N. The minimum atomic E-state index is -0.462. The third-order valence-electron chi connectivity index (χ3n) is 6.11.